The Morgan fingerprint density at radius 2 is 1.73 bits per heavy atom. The quantitative estimate of drug-likeness (QED) is 0.658. The number of hydrogen-bond acceptors (Lipinski definition) is 2. The highest BCUT2D eigenvalue weighted by Crippen LogP contribution is 2.23. The number of anilines is 2. The number of urea groups is 1. The zero-order chi connectivity index (χ0) is 20.9. The summed E-state index contributed by atoms with van der Waals surface area (Å²) in [5.41, 5.74) is 2.54. The number of carbonyl (C=O) groups is 2. The predicted octanol–water partition coefficient (Wildman–Crippen LogP) is 4.91. The van der Waals surface area contributed by atoms with E-state index in [0.717, 1.165) is 12.0 Å². The number of nitrogens with one attached hydrogen (secondary N) is 1. The Morgan fingerprint density at radius 1 is 0.933 bits per heavy atom. The molecule has 0 aromatic heterocycles. The molecule has 5 nitrogen and oxygen atoms in total. The summed E-state index contributed by atoms with van der Waals surface area (Å²) < 4.78 is 13.4. The molecule has 0 atom stereocenters. The number of rotatable bonds is 5. The Labute approximate surface area is 174 Å². The van der Waals surface area contributed by atoms with Gasteiger partial charge in [0, 0.05) is 36.6 Å². The van der Waals surface area contributed by atoms with E-state index in [1.807, 2.05) is 41.3 Å². The van der Waals surface area contributed by atoms with Crippen molar-refractivity contribution in [3.8, 4) is 0 Å². The molecule has 3 aromatic carbocycles. The normalized spacial score (nSPS) is 14.0. The number of amides is 3. The van der Waals surface area contributed by atoms with E-state index >= 15 is 0 Å². The number of nitrogens with zero attached hydrogens (tertiary/aromatic N) is 2. The number of benzene rings is 3. The van der Waals surface area contributed by atoms with Crippen LogP contribution >= 0.6 is 0 Å². The van der Waals surface area contributed by atoms with E-state index in [0.29, 0.717) is 36.6 Å². The van der Waals surface area contributed by atoms with Crippen molar-refractivity contribution in [2.45, 2.75) is 13.0 Å². The fraction of sp³-hybridized carbons (Fsp3) is 0.167. The summed E-state index contributed by atoms with van der Waals surface area (Å²) in [7, 11) is 0. The van der Waals surface area contributed by atoms with Crippen molar-refractivity contribution in [2.75, 3.05) is 23.3 Å². The maximum Gasteiger partial charge on any atom is 0.324 e. The van der Waals surface area contributed by atoms with Crippen molar-refractivity contribution in [3.05, 3.63) is 95.8 Å². The Kier molecular flexibility index (Phi) is 5.75. The third kappa shape index (κ3) is 4.49. The van der Waals surface area contributed by atoms with E-state index < -0.39 is 5.82 Å². The van der Waals surface area contributed by atoms with Crippen LogP contribution in [0.15, 0.2) is 78.9 Å². The third-order valence-corrected chi connectivity index (χ3v) is 5.03. The summed E-state index contributed by atoms with van der Waals surface area (Å²) in [6.45, 7) is 1.85. The van der Waals surface area contributed by atoms with Gasteiger partial charge in [-0.25, -0.2) is 9.18 Å². The molecule has 0 radical (unpaired) electrons. The van der Waals surface area contributed by atoms with Crippen molar-refractivity contribution in [1.29, 1.82) is 0 Å². The number of hydrogen-bond donors (Lipinski definition) is 1. The average Bonchev–Trinajstić information content (AvgIpc) is 2.76. The van der Waals surface area contributed by atoms with Crippen LogP contribution in [0.5, 0.6) is 0 Å². The summed E-state index contributed by atoms with van der Waals surface area (Å²) in [4.78, 5) is 29.2. The molecule has 0 unspecified atom stereocenters. The van der Waals surface area contributed by atoms with Gasteiger partial charge in [0.05, 0.1) is 0 Å². The first-order valence-corrected chi connectivity index (χ1v) is 9.87. The molecule has 1 heterocycles. The van der Waals surface area contributed by atoms with Crippen molar-refractivity contribution in [2.24, 2.45) is 0 Å². The largest absolute Gasteiger partial charge is 0.324 e. The molecule has 3 aromatic rings. The summed E-state index contributed by atoms with van der Waals surface area (Å²) in [6.07, 6.45) is 0.846. The number of halogens is 1. The van der Waals surface area contributed by atoms with Crippen LogP contribution in [-0.2, 0) is 6.54 Å². The van der Waals surface area contributed by atoms with Gasteiger partial charge in [-0.15, -0.1) is 0 Å². The van der Waals surface area contributed by atoms with Crippen LogP contribution in [-0.4, -0.2) is 29.9 Å². The lowest BCUT2D eigenvalue weighted by atomic mass is 10.1. The Balaban J connectivity index is 1.49. The maximum atomic E-state index is 13.4. The van der Waals surface area contributed by atoms with Crippen LogP contribution in [0.3, 0.4) is 0 Å². The van der Waals surface area contributed by atoms with Gasteiger partial charge in [0.25, 0.3) is 5.91 Å². The van der Waals surface area contributed by atoms with Gasteiger partial charge in [-0.2, -0.15) is 0 Å². The highest BCUT2D eigenvalue weighted by molar-refractivity contribution is 6.05. The molecule has 30 heavy (non-hydrogen) atoms. The van der Waals surface area contributed by atoms with Crippen LogP contribution < -0.4 is 10.2 Å². The van der Waals surface area contributed by atoms with Crippen LogP contribution in [0.25, 0.3) is 0 Å². The maximum absolute atomic E-state index is 13.4. The van der Waals surface area contributed by atoms with Crippen LogP contribution in [0.4, 0.5) is 20.6 Å². The molecule has 3 amide bonds. The van der Waals surface area contributed by atoms with Gasteiger partial charge in [-0.1, -0.05) is 42.5 Å². The van der Waals surface area contributed by atoms with Gasteiger partial charge in [-0.3, -0.25) is 9.69 Å². The van der Waals surface area contributed by atoms with Crippen LogP contribution in [0.2, 0.25) is 0 Å². The van der Waals surface area contributed by atoms with E-state index in [2.05, 4.69) is 5.32 Å². The van der Waals surface area contributed by atoms with Crippen LogP contribution in [0, 0.1) is 5.82 Å². The zero-order valence-corrected chi connectivity index (χ0v) is 16.4. The second-order valence-corrected chi connectivity index (χ2v) is 7.21. The van der Waals surface area contributed by atoms with Gasteiger partial charge in [-0.05, 0) is 48.4 Å². The monoisotopic (exact) mass is 403 g/mol. The van der Waals surface area contributed by atoms with Gasteiger partial charge >= 0.3 is 6.03 Å². The molecule has 152 valence electrons. The molecule has 1 N–H and O–H groups in total. The fourth-order valence-corrected chi connectivity index (χ4v) is 3.56. The molecular weight excluding hydrogens is 381 g/mol. The van der Waals surface area contributed by atoms with E-state index in [1.165, 1.54) is 18.2 Å². The summed E-state index contributed by atoms with van der Waals surface area (Å²) in [6, 6.07) is 22.5. The summed E-state index contributed by atoms with van der Waals surface area (Å²) in [5, 5.41) is 2.69. The lowest BCUT2D eigenvalue weighted by Crippen LogP contribution is -2.49. The molecule has 0 saturated carbocycles. The lowest BCUT2D eigenvalue weighted by molar-refractivity contribution is 0.102. The van der Waals surface area contributed by atoms with Crippen molar-refractivity contribution in [3.63, 3.8) is 0 Å². The molecule has 1 aliphatic rings. The minimum absolute atomic E-state index is 0.0761. The van der Waals surface area contributed by atoms with Gasteiger partial charge in [0.1, 0.15) is 5.82 Å². The molecule has 1 saturated heterocycles. The average molecular weight is 403 g/mol. The first-order chi connectivity index (χ1) is 14.6. The lowest BCUT2D eigenvalue weighted by Gasteiger charge is -2.35. The predicted molar refractivity (Wildman–Crippen MR) is 115 cm³/mol. The minimum Gasteiger partial charge on any atom is -0.322 e. The van der Waals surface area contributed by atoms with Crippen molar-refractivity contribution >= 4 is 23.3 Å². The Morgan fingerprint density at radius 3 is 2.53 bits per heavy atom. The Hall–Kier alpha value is -3.67. The van der Waals surface area contributed by atoms with Gasteiger partial charge in [0.15, 0.2) is 0 Å². The Bertz CT molecular complexity index is 1060. The number of carbonyl (C=O) groups excluding carboxylic acids is 2. The van der Waals surface area contributed by atoms with Gasteiger partial charge in [0.2, 0.25) is 0 Å². The SMILES string of the molecule is O=C(Nc1cccc(F)c1)c1cccc(N2CCCN(Cc3ccccc3)C2=O)c1. The molecule has 0 spiro atoms. The van der Waals surface area contributed by atoms with E-state index in [-0.39, 0.29) is 11.9 Å². The van der Waals surface area contributed by atoms with Crippen molar-refractivity contribution in [1.82, 2.24) is 4.90 Å². The smallest absolute Gasteiger partial charge is 0.322 e. The molecule has 4 rings (SSSR count). The standard InChI is InChI=1S/C24H22FN3O2/c25-20-10-5-11-21(16-20)26-23(29)19-9-4-12-22(15-19)28-14-6-13-27(24(28)30)17-18-7-2-1-3-8-18/h1-5,7-12,15-16H,6,13-14,17H2,(H,26,29). The van der Waals surface area contributed by atoms with E-state index in [9.17, 15) is 14.0 Å². The van der Waals surface area contributed by atoms with Gasteiger partial charge < -0.3 is 10.2 Å². The fourth-order valence-electron chi connectivity index (χ4n) is 3.56. The zero-order valence-electron chi connectivity index (χ0n) is 16.4. The molecule has 6 heteroatoms. The highest BCUT2D eigenvalue weighted by Gasteiger charge is 2.27. The molecule has 1 aliphatic heterocycles. The van der Waals surface area contributed by atoms with E-state index in [4.69, 9.17) is 0 Å². The first kappa shape index (κ1) is 19.6. The molecule has 1 fully saturated rings. The molecular formula is C24H22FN3O2. The molecule has 0 bridgehead atoms. The second kappa shape index (κ2) is 8.78. The summed E-state index contributed by atoms with van der Waals surface area (Å²) >= 11 is 0. The molecule has 0 aliphatic carbocycles. The highest BCUT2D eigenvalue weighted by atomic mass is 19.1. The van der Waals surface area contributed by atoms with Crippen LogP contribution in [0.1, 0.15) is 22.3 Å². The first-order valence-electron chi connectivity index (χ1n) is 9.87. The van der Waals surface area contributed by atoms with E-state index in [1.54, 1.807) is 29.2 Å². The third-order valence-electron chi connectivity index (χ3n) is 5.03. The topological polar surface area (TPSA) is 52.7 Å². The second-order valence-electron chi connectivity index (χ2n) is 7.21. The summed E-state index contributed by atoms with van der Waals surface area (Å²) in [5.74, 6) is -0.771. The minimum atomic E-state index is -0.418. The van der Waals surface area contributed by atoms with Crippen molar-refractivity contribution < 1.29 is 14.0 Å².